The van der Waals surface area contributed by atoms with Crippen molar-refractivity contribution < 1.29 is 0 Å². The van der Waals surface area contributed by atoms with Crippen LogP contribution >= 0.6 is 15.9 Å². The van der Waals surface area contributed by atoms with E-state index in [0.717, 1.165) is 15.9 Å². The lowest BCUT2D eigenvalue weighted by molar-refractivity contribution is 0.943. The molecule has 0 aliphatic rings. The van der Waals surface area contributed by atoms with Crippen LogP contribution in [0.1, 0.15) is 11.5 Å². The molecule has 0 aliphatic heterocycles. The summed E-state index contributed by atoms with van der Waals surface area (Å²) in [6, 6.07) is 20.6. The zero-order chi connectivity index (χ0) is 17.9. The van der Waals surface area contributed by atoms with E-state index in [2.05, 4.69) is 25.9 Å². The topological polar surface area (TPSA) is 47.8 Å². The number of pyridine rings is 1. The Labute approximate surface area is 158 Å². The smallest absolute Gasteiger partial charge is 0.266 e. The monoisotopic (exact) mass is 403 g/mol. The molecule has 26 heavy (non-hydrogen) atoms. The Morgan fingerprint density at radius 2 is 1.65 bits per heavy atom. The fourth-order valence-electron chi connectivity index (χ4n) is 2.74. The number of rotatable bonds is 3. The lowest BCUT2D eigenvalue weighted by Gasteiger charge is -2.11. The minimum Gasteiger partial charge on any atom is -0.268 e. The molecule has 0 bridgehead atoms. The van der Waals surface area contributed by atoms with Crippen molar-refractivity contribution >= 4 is 39.0 Å². The molecule has 5 heteroatoms. The Kier molecular flexibility index (Phi) is 4.46. The zero-order valence-electron chi connectivity index (χ0n) is 13.7. The van der Waals surface area contributed by atoms with Gasteiger partial charge < -0.3 is 0 Å². The fraction of sp³-hybridized carbons (Fsp3) is 0. The van der Waals surface area contributed by atoms with Gasteiger partial charge >= 0.3 is 0 Å². The van der Waals surface area contributed by atoms with Crippen LogP contribution in [0.4, 0.5) is 0 Å². The predicted molar refractivity (Wildman–Crippen MR) is 108 cm³/mol. The first-order chi connectivity index (χ1) is 12.7. The van der Waals surface area contributed by atoms with Gasteiger partial charge in [-0.15, -0.1) is 0 Å². The van der Waals surface area contributed by atoms with Crippen LogP contribution in [-0.4, -0.2) is 14.5 Å². The maximum absolute atomic E-state index is 13.1. The summed E-state index contributed by atoms with van der Waals surface area (Å²) in [6.07, 6.45) is 5.40. The van der Waals surface area contributed by atoms with Crippen molar-refractivity contribution in [2.24, 2.45) is 0 Å². The van der Waals surface area contributed by atoms with Gasteiger partial charge in [-0.25, -0.2) is 4.98 Å². The molecule has 0 saturated carbocycles. The number of hydrogen-bond donors (Lipinski definition) is 0. The number of fused-ring (bicyclic) bond motifs is 1. The molecule has 0 aliphatic carbocycles. The molecule has 0 atom stereocenters. The standard InChI is InChI=1S/C21H14BrN3O/c22-15-8-11-17(12-9-15)25-20(13-10-16-5-3-4-14-23-16)24-19-7-2-1-6-18(19)21(25)26/h1-14H. The summed E-state index contributed by atoms with van der Waals surface area (Å²) < 4.78 is 2.57. The summed E-state index contributed by atoms with van der Waals surface area (Å²) in [5.41, 5.74) is 2.14. The Balaban J connectivity index is 1.95. The van der Waals surface area contributed by atoms with Crippen molar-refractivity contribution in [3.8, 4) is 5.69 Å². The average molecular weight is 404 g/mol. The molecule has 4 rings (SSSR count). The van der Waals surface area contributed by atoms with E-state index in [1.54, 1.807) is 16.8 Å². The number of aromatic nitrogens is 3. The second-order valence-electron chi connectivity index (χ2n) is 5.69. The lowest BCUT2D eigenvalue weighted by Crippen LogP contribution is -2.22. The van der Waals surface area contributed by atoms with Crippen LogP contribution in [0.2, 0.25) is 0 Å². The second-order valence-corrected chi connectivity index (χ2v) is 6.61. The molecule has 126 valence electrons. The van der Waals surface area contributed by atoms with E-state index in [-0.39, 0.29) is 5.56 Å². The van der Waals surface area contributed by atoms with E-state index < -0.39 is 0 Å². The highest BCUT2D eigenvalue weighted by Crippen LogP contribution is 2.17. The molecule has 0 amide bonds. The van der Waals surface area contributed by atoms with Gasteiger partial charge in [-0.05, 0) is 60.7 Å². The summed E-state index contributed by atoms with van der Waals surface area (Å²) in [7, 11) is 0. The number of nitrogens with zero attached hydrogens (tertiary/aromatic N) is 3. The van der Waals surface area contributed by atoms with Crippen molar-refractivity contribution in [3.05, 3.63) is 99.3 Å². The first-order valence-electron chi connectivity index (χ1n) is 8.09. The van der Waals surface area contributed by atoms with Crippen molar-refractivity contribution in [1.29, 1.82) is 0 Å². The quantitative estimate of drug-likeness (QED) is 0.497. The number of para-hydroxylation sites is 1. The van der Waals surface area contributed by atoms with Crippen molar-refractivity contribution in [3.63, 3.8) is 0 Å². The van der Waals surface area contributed by atoms with Crippen LogP contribution in [0.15, 0.2) is 82.2 Å². The van der Waals surface area contributed by atoms with Gasteiger partial charge in [-0.1, -0.05) is 34.1 Å². The molecule has 0 spiro atoms. The van der Waals surface area contributed by atoms with Crippen LogP contribution in [0.3, 0.4) is 0 Å². The first kappa shape index (κ1) is 16.4. The highest BCUT2D eigenvalue weighted by molar-refractivity contribution is 9.10. The van der Waals surface area contributed by atoms with E-state index in [1.165, 1.54) is 0 Å². The molecule has 0 N–H and O–H groups in total. The van der Waals surface area contributed by atoms with Crippen LogP contribution in [-0.2, 0) is 0 Å². The van der Waals surface area contributed by atoms with Gasteiger partial charge in [0.05, 0.1) is 22.3 Å². The fourth-order valence-corrected chi connectivity index (χ4v) is 3.00. The largest absolute Gasteiger partial charge is 0.268 e. The van der Waals surface area contributed by atoms with E-state index in [9.17, 15) is 4.79 Å². The zero-order valence-corrected chi connectivity index (χ0v) is 15.3. The lowest BCUT2D eigenvalue weighted by atomic mass is 10.2. The molecule has 0 fully saturated rings. The van der Waals surface area contributed by atoms with Crippen LogP contribution in [0.25, 0.3) is 28.7 Å². The Bertz CT molecular complexity index is 1150. The van der Waals surface area contributed by atoms with Crippen molar-refractivity contribution in [2.45, 2.75) is 0 Å². The van der Waals surface area contributed by atoms with Crippen molar-refractivity contribution in [1.82, 2.24) is 14.5 Å². The third-order valence-electron chi connectivity index (χ3n) is 3.98. The SMILES string of the molecule is O=c1c2ccccc2nc(C=Cc2ccccn2)n1-c1ccc(Br)cc1. The van der Waals surface area contributed by atoms with Crippen LogP contribution in [0, 0.1) is 0 Å². The van der Waals surface area contributed by atoms with Gasteiger partial charge in [0.2, 0.25) is 0 Å². The minimum atomic E-state index is -0.0985. The summed E-state index contributed by atoms with van der Waals surface area (Å²) >= 11 is 3.43. The maximum Gasteiger partial charge on any atom is 0.266 e. The molecule has 2 aromatic carbocycles. The molecule has 2 aromatic heterocycles. The number of halogens is 1. The number of benzene rings is 2. The van der Waals surface area contributed by atoms with E-state index in [4.69, 9.17) is 0 Å². The predicted octanol–water partition coefficient (Wildman–Crippen LogP) is 4.71. The minimum absolute atomic E-state index is 0.0985. The molecule has 0 saturated heterocycles. The highest BCUT2D eigenvalue weighted by atomic mass is 79.9. The van der Waals surface area contributed by atoms with Gasteiger partial charge in [0, 0.05) is 10.7 Å². The van der Waals surface area contributed by atoms with Crippen molar-refractivity contribution in [2.75, 3.05) is 0 Å². The summed E-state index contributed by atoms with van der Waals surface area (Å²) in [5, 5.41) is 0.588. The van der Waals surface area contributed by atoms with Gasteiger partial charge in [0.25, 0.3) is 5.56 Å². The molecular formula is C21H14BrN3O. The van der Waals surface area contributed by atoms with Gasteiger partial charge in [-0.2, -0.15) is 0 Å². The molecule has 4 nitrogen and oxygen atoms in total. The third kappa shape index (κ3) is 3.21. The Morgan fingerprint density at radius 1 is 0.885 bits per heavy atom. The molecule has 2 heterocycles. The third-order valence-corrected chi connectivity index (χ3v) is 4.51. The van der Waals surface area contributed by atoms with Crippen LogP contribution in [0.5, 0.6) is 0 Å². The van der Waals surface area contributed by atoms with Gasteiger partial charge in [-0.3, -0.25) is 14.3 Å². The maximum atomic E-state index is 13.1. The first-order valence-corrected chi connectivity index (χ1v) is 8.88. The summed E-state index contributed by atoms with van der Waals surface area (Å²) in [5.74, 6) is 0.557. The second kappa shape index (κ2) is 7.06. The molecule has 0 unspecified atom stereocenters. The molecule has 0 radical (unpaired) electrons. The van der Waals surface area contributed by atoms with Gasteiger partial charge in [0.15, 0.2) is 0 Å². The summed E-state index contributed by atoms with van der Waals surface area (Å²) in [6.45, 7) is 0. The molecule has 4 aromatic rings. The van der Waals surface area contributed by atoms with Crippen LogP contribution < -0.4 is 5.56 Å². The Morgan fingerprint density at radius 3 is 2.42 bits per heavy atom. The highest BCUT2D eigenvalue weighted by Gasteiger charge is 2.10. The van der Waals surface area contributed by atoms with E-state index in [1.807, 2.05) is 72.8 Å². The van der Waals surface area contributed by atoms with E-state index >= 15 is 0 Å². The summed E-state index contributed by atoms with van der Waals surface area (Å²) in [4.78, 5) is 22.1. The van der Waals surface area contributed by atoms with Gasteiger partial charge in [0.1, 0.15) is 5.82 Å². The molecular weight excluding hydrogens is 390 g/mol. The normalized spacial score (nSPS) is 11.3. The Hall–Kier alpha value is -3.05. The average Bonchev–Trinajstić information content (AvgIpc) is 2.68. The number of hydrogen-bond acceptors (Lipinski definition) is 3. The van der Waals surface area contributed by atoms with E-state index in [0.29, 0.717) is 16.7 Å².